The molecule has 0 bridgehead atoms. The van der Waals surface area contributed by atoms with Crippen LogP contribution in [0.1, 0.15) is 29.9 Å². The zero-order chi connectivity index (χ0) is 30.6. The van der Waals surface area contributed by atoms with E-state index in [0.29, 0.717) is 46.7 Å². The Morgan fingerprint density at radius 1 is 1.05 bits per heavy atom. The molecule has 2 aromatic heterocycles. The molecule has 14 heteroatoms. The number of nitrogens with one attached hydrogen (secondary N) is 2. The Morgan fingerprint density at radius 2 is 1.70 bits per heavy atom. The summed E-state index contributed by atoms with van der Waals surface area (Å²) >= 11 is 0. The van der Waals surface area contributed by atoms with Gasteiger partial charge in [-0.15, -0.1) is 12.4 Å². The average molecular weight is 645 g/mol. The molecule has 1 saturated heterocycles. The van der Waals surface area contributed by atoms with Gasteiger partial charge in [-0.25, -0.2) is 22.6 Å². The van der Waals surface area contributed by atoms with Crippen LogP contribution >= 0.6 is 12.4 Å². The number of aryl methyl sites for hydroxylation is 2. The molecule has 0 saturated carbocycles. The zero-order valence-electron chi connectivity index (χ0n) is 24.5. The molecule has 5 rings (SSSR count). The number of carbonyl (C=O) groups excluding carboxylic acids is 1. The lowest BCUT2D eigenvalue weighted by Crippen LogP contribution is -2.49. The molecule has 0 unspecified atom stereocenters. The van der Waals surface area contributed by atoms with Crippen molar-refractivity contribution in [3.63, 3.8) is 0 Å². The van der Waals surface area contributed by atoms with Crippen molar-refractivity contribution in [2.45, 2.75) is 39.3 Å². The van der Waals surface area contributed by atoms with Gasteiger partial charge in [-0.2, -0.15) is 0 Å². The first-order valence-electron chi connectivity index (χ1n) is 13.8. The van der Waals surface area contributed by atoms with E-state index in [1.165, 1.54) is 24.3 Å². The van der Waals surface area contributed by atoms with Crippen LogP contribution in [0.25, 0.3) is 0 Å². The number of likely N-dealkylation sites (tertiary alicyclic amines) is 1. The molecule has 4 aromatic rings. The minimum Gasteiger partial charge on any atom is -0.439 e. The lowest BCUT2D eigenvalue weighted by molar-refractivity contribution is 0.199. The highest BCUT2D eigenvalue weighted by Crippen LogP contribution is 2.31. The summed E-state index contributed by atoms with van der Waals surface area (Å²) in [7, 11) is -3.35. The SMILES string of the molecule is Cc1noc(C)c1N(C(=O)Nc1ccc(F)cc1)C1CCN(Cc2ccc(Oc3ccc(NS(C)(=O)=O)cc3)nc2)CC1.Cl. The lowest BCUT2D eigenvalue weighted by atomic mass is 10.0. The van der Waals surface area contributed by atoms with E-state index < -0.39 is 10.0 Å². The molecule has 0 atom stereocenters. The number of pyridine rings is 1. The molecule has 2 N–H and O–H groups in total. The zero-order valence-corrected chi connectivity index (χ0v) is 26.1. The van der Waals surface area contributed by atoms with E-state index in [4.69, 9.17) is 9.26 Å². The maximum atomic E-state index is 13.5. The van der Waals surface area contributed by atoms with E-state index in [2.05, 4.69) is 25.1 Å². The summed E-state index contributed by atoms with van der Waals surface area (Å²) in [5.41, 5.74) is 3.25. The van der Waals surface area contributed by atoms with Crippen molar-refractivity contribution in [2.75, 3.05) is 34.3 Å². The molecule has 0 radical (unpaired) electrons. The first-order valence-corrected chi connectivity index (χ1v) is 15.6. The molecule has 0 spiro atoms. The number of aromatic nitrogens is 2. The quantitative estimate of drug-likeness (QED) is 0.223. The Morgan fingerprint density at radius 3 is 2.27 bits per heavy atom. The second-order valence-corrected chi connectivity index (χ2v) is 12.2. The van der Waals surface area contributed by atoms with Crippen LogP contribution in [0.5, 0.6) is 11.6 Å². The molecule has 1 aliphatic rings. The van der Waals surface area contributed by atoms with E-state index in [-0.39, 0.29) is 30.3 Å². The smallest absolute Gasteiger partial charge is 0.326 e. The first-order chi connectivity index (χ1) is 20.5. The van der Waals surface area contributed by atoms with Crippen molar-refractivity contribution in [1.29, 1.82) is 0 Å². The monoisotopic (exact) mass is 644 g/mol. The number of ether oxygens (including phenoxy) is 1. The van der Waals surface area contributed by atoms with Crippen LogP contribution < -0.4 is 19.7 Å². The van der Waals surface area contributed by atoms with Gasteiger partial charge >= 0.3 is 6.03 Å². The summed E-state index contributed by atoms with van der Waals surface area (Å²) in [5.74, 6) is 1.15. The van der Waals surface area contributed by atoms with Crippen LogP contribution in [-0.2, 0) is 16.6 Å². The predicted octanol–water partition coefficient (Wildman–Crippen LogP) is 6.11. The Balaban J connectivity index is 0.00000442. The number of urea groups is 1. The molecule has 0 aliphatic carbocycles. The van der Waals surface area contributed by atoms with E-state index in [0.717, 1.165) is 37.8 Å². The standard InChI is InChI=1S/C30H33FN6O5S.ClH/c1-20-29(21(2)42-34-20)37(30(38)33-24-7-5-23(31)6-8-24)26-14-16-36(17-15-26)19-22-4-13-28(32-18-22)41-27-11-9-25(10-12-27)35-43(3,39)40;/h4-13,18,26,35H,14-17,19H2,1-3H3,(H,33,38);1H. The molecule has 2 amide bonds. The highest BCUT2D eigenvalue weighted by molar-refractivity contribution is 7.92. The number of nitrogens with zero attached hydrogens (tertiary/aromatic N) is 4. The van der Waals surface area contributed by atoms with Gasteiger partial charge in [0.1, 0.15) is 22.9 Å². The Bertz CT molecular complexity index is 1640. The van der Waals surface area contributed by atoms with Crippen LogP contribution in [0.3, 0.4) is 0 Å². The summed E-state index contributed by atoms with van der Waals surface area (Å²) in [6, 6.07) is 15.6. The number of sulfonamides is 1. The summed E-state index contributed by atoms with van der Waals surface area (Å²) in [5, 5.41) is 6.94. The Labute approximate surface area is 261 Å². The minimum absolute atomic E-state index is 0. The lowest BCUT2D eigenvalue weighted by Gasteiger charge is -2.38. The Kier molecular flexibility index (Phi) is 10.4. The largest absolute Gasteiger partial charge is 0.439 e. The van der Waals surface area contributed by atoms with Gasteiger partial charge in [0.2, 0.25) is 15.9 Å². The third-order valence-corrected chi connectivity index (χ3v) is 7.66. The number of carbonyl (C=O) groups is 1. The van der Waals surface area contributed by atoms with E-state index >= 15 is 0 Å². The molecular weight excluding hydrogens is 611 g/mol. The van der Waals surface area contributed by atoms with Gasteiger partial charge in [-0.1, -0.05) is 11.2 Å². The van der Waals surface area contributed by atoms with Gasteiger partial charge in [-0.3, -0.25) is 14.5 Å². The van der Waals surface area contributed by atoms with Crippen molar-refractivity contribution >= 4 is 45.5 Å². The number of piperidine rings is 1. The summed E-state index contributed by atoms with van der Waals surface area (Å²) in [6.45, 7) is 5.82. The van der Waals surface area contributed by atoms with Crippen molar-refractivity contribution < 1.29 is 26.9 Å². The molecule has 11 nitrogen and oxygen atoms in total. The number of rotatable bonds is 9. The van der Waals surface area contributed by atoms with E-state index in [1.807, 2.05) is 13.0 Å². The van der Waals surface area contributed by atoms with Crippen LogP contribution in [0.2, 0.25) is 0 Å². The first kappa shape index (κ1) is 32.7. The van der Waals surface area contributed by atoms with Gasteiger partial charge in [0.25, 0.3) is 0 Å². The molecule has 234 valence electrons. The molecule has 3 heterocycles. The van der Waals surface area contributed by atoms with Gasteiger partial charge in [0.15, 0.2) is 5.76 Å². The molecule has 1 aliphatic heterocycles. The highest BCUT2D eigenvalue weighted by atomic mass is 35.5. The fourth-order valence-corrected chi connectivity index (χ4v) is 5.64. The van der Waals surface area contributed by atoms with Gasteiger partial charge < -0.3 is 14.6 Å². The van der Waals surface area contributed by atoms with Crippen molar-refractivity contribution in [1.82, 2.24) is 15.0 Å². The van der Waals surface area contributed by atoms with Crippen LogP contribution in [0, 0.1) is 19.7 Å². The molecule has 44 heavy (non-hydrogen) atoms. The summed E-state index contributed by atoms with van der Waals surface area (Å²) in [4.78, 5) is 22.0. The number of hydrogen-bond acceptors (Lipinski definition) is 8. The Hall–Kier alpha value is -4.20. The molecular formula is C30H34ClFN6O5S. The van der Waals surface area contributed by atoms with E-state index in [1.54, 1.807) is 48.4 Å². The second kappa shape index (κ2) is 14.1. The topological polar surface area (TPSA) is 130 Å². The average Bonchev–Trinajstić information content (AvgIpc) is 3.30. The molecule has 1 fully saturated rings. The number of anilines is 3. The maximum Gasteiger partial charge on any atom is 0.326 e. The van der Waals surface area contributed by atoms with Crippen LogP contribution in [0.4, 0.5) is 26.2 Å². The van der Waals surface area contributed by atoms with Crippen molar-refractivity contribution in [2.24, 2.45) is 0 Å². The van der Waals surface area contributed by atoms with Gasteiger partial charge in [0.05, 0.1) is 6.26 Å². The summed E-state index contributed by atoms with van der Waals surface area (Å²) in [6.07, 6.45) is 4.34. The third-order valence-electron chi connectivity index (χ3n) is 7.06. The summed E-state index contributed by atoms with van der Waals surface area (Å²) < 4.78 is 49.7. The number of benzene rings is 2. The number of hydrogen-bond donors (Lipinski definition) is 2. The minimum atomic E-state index is -3.35. The van der Waals surface area contributed by atoms with Gasteiger partial charge in [-0.05, 0) is 80.8 Å². The number of halogens is 2. The van der Waals surface area contributed by atoms with E-state index in [9.17, 15) is 17.6 Å². The predicted molar refractivity (Wildman–Crippen MR) is 169 cm³/mol. The number of amides is 2. The fraction of sp³-hybridized carbons (Fsp3) is 0.300. The van der Waals surface area contributed by atoms with Crippen LogP contribution in [0.15, 0.2) is 71.4 Å². The third kappa shape index (κ3) is 8.46. The van der Waals surface area contributed by atoms with Crippen molar-refractivity contribution in [3.8, 4) is 11.6 Å². The van der Waals surface area contributed by atoms with Crippen molar-refractivity contribution in [3.05, 3.63) is 89.7 Å². The van der Waals surface area contributed by atoms with Gasteiger partial charge in [0, 0.05) is 49.3 Å². The maximum absolute atomic E-state index is 13.5. The normalized spacial score (nSPS) is 14.0. The fourth-order valence-electron chi connectivity index (χ4n) is 5.07. The second-order valence-electron chi connectivity index (χ2n) is 10.5. The highest BCUT2D eigenvalue weighted by Gasteiger charge is 2.33. The molecule has 2 aromatic carbocycles. The van der Waals surface area contributed by atoms with Crippen LogP contribution in [-0.4, -0.2) is 54.9 Å².